The van der Waals surface area contributed by atoms with Crippen molar-refractivity contribution in [2.24, 2.45) is 11.8 Å². The van der Waals surface area contributed by atoms with Crippen molar-refractivity contribution in [3.63, 3.8) is 0 Å². The van der Waals surface area contributed by atoms with Gasteiger partial charge in [0.25, 0.3) is 0 Å². The van der Waals surface area contributed by atoms with E-state index in [2.05, 4.69) is 4.90 Å². The van der Waals surface area contributed by atoms with Crippen molar-refractivity contribution in [2.45, 2.75) is 25.4 Å². The van der Waals surface area contributed by atoms with Crippen LogP contribution in [0.2, 0.25) is 0 Å². The van der Waals surface area contributed by atoms with Gasteiger partial charge in [-0.05, 0) is 49.3 Å². The van der Waals surface area contributed by atoms with E-state index in [1.54, 1.807) is 17.4 Å². The molecule has 0 radical (unpaired) electrons. The smallest absolute Gasteiger partial charge is 0.337 e. The van der Waals surface area contributed by atoms with Crippen LogP contribution in [-0.4, -0.2) is 42.4 Å². The molecule has 1 aliphatic carbocycles. The molecule has 1 saturated heterocycles. The number of rotatable bonds is 2. The number of anilines is 1. The third-order valence-corrected chi connectivity index (χ3v) is 6.17. The van der Waals surface area contributed by atoms with Crippen LogP contribution in [0.1, 0.15) is 29.6 Å². The maximum absolute atomic E-state index is 11.6. The number of esters is 1. The second-order valence-electron chi connectivity index (χ2n) is 6.56. The maximum Gasteiger partial charge on any atom is 0.337 e. The van der Waals surface area contributed by atoms with Gasteiger partial charge in [-0.2, -0.15) is 0 Å². The first-order chi connectivity index (χ1) is 11.1. The van der Waals surface area contributed by atoms with Gasteiger partial charge in [0, 0.05) is 13.1 Å². The summed E-state index contributed by atoms with van der Waals surface area (Å²) in [5.74, 6) is 0.940. The molecule has 1 aliphatic heterocycles. The summed E-state index contributed by atoms with van der Waals surface area (Å²) in [5.41, 5.74) is 1.49. The zero-order valence-corrected chi connectivity index (χ0v) is 13.9. The molecule has 2 aromatic rings. The second kappa shape index (κ2) is 5.76. The predicted octanol–water partition coefficient (Wildman–Crippen LogP) is 2.68. The Labute approximate surface area is 138 Å². The molecule has 4 rings (SSSR count). The van der Waals surface area contributed by atoms with E-state index in [0.717, 1.165) is 47.7 Å². The number of fused-ring (bicyclic) bond motifs is 2. The molecule has 1 aromatic carbocycles. The minimum absolute atomic E-state index is 0.130. The van der Waals surface area contributed by atoms with Gasteiger partial charge >= 0.3 is 5.97 Å². The van der Waals surface area contributed by atoms with Crippen LogP contribution in [0.5, 0.6) is 0 Å². The van der Waals surface area contributed by atoms with Crippen LogP contribution in [0.4, 0.5) is 5.13 Å². The summed E-state index contributed by atoms with van der Waals surface area (Å²) < 4.78 is 5.79. The zero-order chi connectivity index (χ0) is 16.0. The first-order valence-corrected chi connectivity index (χ1v) is 8.87. The summed E-state index contributed by atoms with van der Waals surface area (Å²) in [6.07, 6.45) is 2.82. The standard InChI is InChI=1S/C17H20N2O3S/c1-22-16(21)10-3-5-14-15(7-10)23-17(18-14)19-8-11-2-4-13(20)6-12(11)9-19/h3,5,7,11-13,20H,2,4,6,8-9H2,1H3/t11-,12+,13-/m0/s1. The third-order valence-electron chi connectivity index (χ3n) is 5.09. The van der Waals surface area contributed by atoms with E-state index in [1.807, 2.05) is 12.1 Å². The number of thiazole rings is 1. The average molecular weight is 332 g/mol. The Bertz CT molecular complexity index is 745. The van der Waals surface area contributed by atoms with Crippen molar-refractivity contribution in [2.75, 3.05) is 25.1 Å². The summed E-state index contributed by atoms with van der Waals surface area (Å²) in [5, 5.41) is 10.9. The maximum atomic E-state index is 11.6. The Morgan fingerprint density at radius 2 is 2.17 bits per heavy atom. The van der Waals surface area contributed by atoms with Crippen molar-refractivity contribution in [3.8, 4) is 0 Å². The van der Waals surface area contributed by atoms with E-state index in [4.69, 9.17) is 9.72 Å². The molecule has 0 bridgehead atoms. The van der Waals surface area contributed by atoms with E-state index in [1.165, 1.54) is 7.11 Å². The third kappa shape index (κ3) is 2.70. The molecule has 2 aliphatic rings. The fraction of sp³-hybridized carbons (Fsp3) is 0.529. The van der Waals surface area contributed by atoms with Crippen LogP contribution in [0.3, 0.4) is 0 Å². The Morgan fingerprint density at radius 3 is 3.00 bits per heavy atom. The Kier molecular flexibility index (Phi) is 3.73. The van der Waals surface area contributed by atoms with Gasteiger partial charge in [-0.1, -0.05) is 11.3 Å². The highest BCUT2D eigenvalue weighted by atomic mass is 32.1. The Morgan fingerprint density at radius 1 is 1.35 bits per heavy atom. The number of ether oxygens (including phenoxy) is 1. The highest BCUT2D eigenvalue weighted by Crippen LogP contribution is 2.40. The fourth-order valence-electron chi connectivity index (χ4n) is 3.86. The molecule has 1 N–H and O–H groups in total. The molecule has 1 aromatic heterocycles. The predicted molar refractivity (Wildman–Crippen MR) is 90.0 cm³/mol. The lowest BCUT2D eigenvalue weighted by molar-refractivity contribution is 0.0601. The van der Waals surface area contributed by atoms with Crippen molar-refractivity contribution in [1.29, 1.82) is 0 Å². The lowest BCUT2D eigenvalue weighted by Gasteiger charge is -2.27. The van der Waals surface area contributed by atoms with Gasteiger partial charge in [-0.15, -0.1) is 0 Å². The quantitative estimate of drug-likeness (QED) is 0.857. The van der Waals surface area contributed by atoms with Crippen LogP contribution < -0.4 is 4.90 Å². The summed E-state index contributed by atoms with van der Waals surface area (Å²) in [7, 11) is 1.39. The summed E-state index contributed by atoms with van der Waals surface area (Å²) in [6.45, 7) is 2.01. The summed E-state index contributed by atoms with van der Waals surface area (Å²) in [6, 6.07) is 5.50. The summed E-state index contributed by atoms with van der Waals surface area (Å²) >= 11 is 1.63. The molecule has 2 heterocycles. The van der Waals surface area contributed by atoms with Crippen molar-refractivity contribution in [1.82, 2.24) is 4.98 Å². The molecule has 122 valence electrons. The number of benzene rings is 1. The molecular formula is C17H20N2O3S. The number of nitrogens with zero attached hydrogens (tertiary/aromatic N) is 2. The number of aliphatic hydroxyl groups is 1. The topological polar surface area (TPSA) is 62.7 Å². The first kappa shape index (κ1) is 14.9. The number of aromatic nitrogens is 1. The molecule has 0 unspecified atom stereocenters. The number of carbonyl (C=O) groups excluding carboxylic acids is 1. The van der Waals surface area contributed by atoms with Crippen LogP contribution in [-0.2, 0) is 4.74 Å². The lowest BCUT2D eigenvalue weighted by Crippen LogP contribution is -2.26. The molecule has 0 spiro atoms. The first-order valence-electron chi connectivity index (χ1n) is 8.06. The Hall–Kier alpha value is -1.66. The van der Waals surface area contributed by atoms with Gasteiger partial charge in [0.1, 0.15) is 0 Å². The van der Waals surface area contributed by atoms with Crippen LogP contribution in [0.25, 0.3) is 10.2 Å². The van der Waals surface area contributed by atoms with Crippen LogP contribution in [0, 0.1) is 11.8 Å². The second-order valence-corrected chi connectivity index (χ2v) is 7.57. The zero-order valence-electron chi connectivity index (χ0n) is 13.1. The molecular weight excluding hydrogens is 312 g/mol. The molecule has 3 atom stereocenters. The van der Waals surface area contributed by atoms with Crippen molar-refractivity contribution in [3.05, 3.63) is 23.8 Å². The average Bonchev–Trinajstić information content (AvgIpc) is 3.16. The van der Waals surface area contributed by atoms with E-state index >= 15 is 0 Å². The minimum atomic E-state index is -0.317. The number of hydrogen-bond donors (Lipinski definition) is 1. The van der Waals surface area contributed by atoms with Crippen LogP contribution >= 0.6 is 11.3 Å². The van der Waals surface area contributed by atoms with Crippen LogP contribution in [0.15, 0.2) is 18.2 Å². The molecule has 23 heavy (non-hydrogen) atoms. The van der Waals surface area contributed by atoms with Gasteiger partial charge in [0.2, 0.25) is 0 Å². The SMILES string of the molecule is COC(=O)c1ccc2nc(N3C[C@H]4C[C@@H](O)CC[C@H]4C3)sc2c1. The lowest BCUT2D eigenvalue weighted by atomic mass is 9.80. The van der Waals surface area contributed by atoms with E-state index in [-0.39, 0.29) is 12.1 Å². The highest BCUT2D eigenvalue weighted by Gasteiger charge is 2.38. The normalized spacial score (nSPS) is 27.2. The number of methoxy groups -OCH3 is 1. The molecule has 0 amide bonds. The van der Waals surface area contributed by atoms with E-state index in [0.29, 0.717) is 17.4 Å². The molecule has 6 heteroatoms. The number of aliphatic hydroxyl groups excluding tert-OH is 1. The molecule has 2 fully saturated rings. The van der Waals surface area contributed by atoms with Crippen molar-refractivity contribution < 1.29 is 14.6 Å². The van der Waals surface area contributed by atoms with Crippen molar-refractivity contribution >= 4 is 32.7 Å². The van der Waals surface area contributed by atoms with E-state index in [9.17, 15) is 9.90 Å². The molecule has 5 nitrogen and oxygen atoms in total. The fourth-order valence-corrected chi connectivity index (χ4v) is 4.88. The van der Waals surface area contributed by atoms with Gasteiger partial charge in [-0.25, -0.2) is 9.78 Å². The van der Waals surface area contributed by atoms with Gasteiger partial charge in [0.05, 0.1) is 29.0 Å². The number of carbonyl (C=O) groups is 1. The van der Waals surface area contributed by atoms with Gasteiger partial charge in [-0.3, -0.25) is 0 Å². The highest BCUT2D eigenvalue weighted by molar-refractivity contribution is 7.22. The number of hydrogen-bond acceptors (Lipinski definition) is 6. The monoisotopic (exact) mass is 332 g/mol. The summed E-state index contributed by atoms with van der Waals surface area (Å²) in [4.78, 5) is 18.7. The largest absolute Gasteiger partial charge is 0.465 e. The minimum Gasteiger partial charge on any atom is -0.465 e. The van der Waals surface area contributed by atoms with E-state index < -0.39 is 0 Å². The molecule has 1 saturated carbocycles. The van der Waals surface area contributed by atoms with Gasteiger partial charge < -0.3 is 14.7 Å². The Balaban J connectivity index is 1.59. The van der Waals surface area contributed by atoms with Gasteiger partial charge in [0.15, 0.2) is 5.13 Å².